The van der Waals surface area contributed by atoms with Crippen molar-refractivity contribution in [3.63, 3.8) is 0 Å². The van der Waals surface area contributed by atoms with Gasteiger partial charge < -0.3 is 10.1 Å². The lowest BCUT2D eigenvalue weighted by Gasteiger charge is -2.04. The molecule has 0 spiro atoms. The topological polar surface area (TPSA) is 38.3 Å². The maximum atomic E-state index is 11.0. The number of rotatable bonds is 3. The molecule has 1 N–H and O–H groups in total. The highest BCUT2D eigenvalue weighted by Crippen LogP contribution is 2.14. The molecule has 15 heavy (non-hydrogen) atoms. The Morgan fingerprint density at radius 3 is 2.20 bits per heavy atom. The molecule has 84 valence electrons. The highest BCUT2D eigenvalue weighted by Gasteiger charge is 1.97. The maximum Gasteiger partial charge on any atom is 0.224 e. The second-order valence-electron chi connectivity index (χ2n) is 2.63. The summed E-state index contributed by atoms with van der Waals surface area (Å²) < 4.78 is 4.99. The average molecular weight is 209 g/mol. The van der Waals surface area contributed by atoms with E-state index in [4.69, 9.17) is 4.74 Å². The predicted octanol–water partition coefficient (Wildman–Crippen LogP) is 3.07. The Hall–Kier alpha value is -1.51. The van der Waals surface area contributed by atoms with Crippen molar-refractivity contribution in [2.24, 2.45) is 0 Å². The molecule has 0 aliphatic rings. The number of methoxy groups -OCH3 is 1. The lowest BCUT2D eigenvalue weighted by molar-refractivity contribution is -0.115. The molecule has 0 atom stereocenters. The third-order valence-electron chi connectivity index (χ3n) is 1.69. The van der Waals surface area contributed by atoms with Gasteiger partial charge in [0.25, 0.3) is 0 Å². The molecule has 1 amide bonds. The van der Waals surface area contributed by atoms with Crippen LogP contribution < -0.4 is 10.1 Å². The SMILES string of the molecule is CC.CCC(=O)Nc1ccc(OC)cc1. The first-order chi connectivity index (χ1) is 7.26. The third-order valence-corrected chi connectivity index (χ3v) is 1.69. The zero-order valence-corrected chi connectivity index (χ0v) is 9.83. The number of carbonyl (C=O) groups excluding carboxylic acids is 1. The number of carbonyl (C=O) groups is 1. The smallest absolute Gasteiger partial charge is 0.224 e. The van der Waals surface area contributed by atoms with Crippen molar-refractivity contribution in [2.45, 2.75) is 27.2 Å². The van der Waals surface area contributed by atoms with Crippen LogP contribution in [0.3, 0.4) is 0 Å². The molecule has 3 nitrogen and oxygen atoms in total. The summed E-state index contributed by atoms with van der Waals surface area (Å²) in [6.45, 7) is 5.82. The van der Waals surface area contributed by atoms with Crippen LogP contribution in [0.25, 0.3) is 0 Å². The molecule has 0 bridgehead atoms. The number of benzene rings is 1. The monoisotopic (exact) mass is 209 g/mol. The summed E-state index contributed by atoms with van der Waals surface area (Å²) in [6, 6.07) is 7.25. The highest BCUT2D eigenvalue weighted by molar-refractivity contribution is 5.90. The molecule has 0 heterocycles. The summed E-state index contributed by atoms with van der Waals surface area (Å²) in [7, 11) is 1.61. The van der Waals surface area contributed by atoms with Crippen LogP contribution in [0.4, 0.5) is 5.69 Å². The molecule has 0 saturated heterocycles. The van der Waals surface area contributed by atoms with E-state index in [0.717, 1.165) is 11.4 Å². The first-order valence-electron chi connectivity index (χ1n) is 5.20. The number of nitrogens with one attached hydrogen (secondary N) is 1. The summed E-state index contributed by atoms with van der Waals surface area (Å²) in [5.74, 6) is 0.805. The van der Waals surface area contributed by atoms with Crippen molar-refractivity contribution in [3.8, 4) is 5.75 Å². The molecule has 3 heteroatoms. The lowest BCUT2D eigenvalue weighted by Crippen LogP contribution is -2.08. The van der Waals surface area contributed by atoms with E-state index in [-0.39, 0.29) is 5.91 Å². The van der Waals surface area contributed by atoms with Gasteiger partial charge in [-0.1, -0.05) is 20.8 Å². The van der Waals surface area contributed by atoms with Crippen LogP contribution in [0.5, 0.6) is 5.75 Å². The minimum atomic E-state index is 0.0187. The first-order valence-corrected chi connectivity index (χ1v) is 5.20. The van der Waals surface area contributed by atoms with Crippen LogP contribution in [0, 0.1) is 0 Å². The van der Waals surface area contributed by atoms with E-state index in [0.29, 0.717) is 6.42 Å². The van der Waals surface area contributed by atoms with Crippen LogP contribution in [-0.4, -0.2) is 13.0 Å². The molecule has 0 aliphatic heterocycles. The molecule has 1 rings (SSSR count). The second kappa shape index (κ2) is 7.85. The Balaban J connectivity index is 0.000000921. The standard InChI is InChI=1S/C10H13NO2.C2H6/c1-3-10(12)11-8-4-6-9(13-2)7-5-8;1-2/h4-7H,3H2,1-2H3,(H,11,12);1-2H3. The van der Waals surface area contributed by atoms with Crippen LogP contribution in [0.1, 0.15) is 27.2 Å². The van der Waals surface area contributed by atoms with Gasteiger partial charge in [0, 0.05) is 12.1 Å². The van der Waals surface area contributed by atoms with Crippen LogP contribution in [0.2, 0.25) is 0 Å². The zero-order valence-electron chi connectivity index (χ0n) is 9.83. The van der Waals surface area contributed by atoms with Gasteiger partial charge in [-0.15, -0.1) is 0 Å². The van der Waals surface area contributed by atoms with Crippen molar-refractivity contribution < 1.29 is 9.53 Å². The minimum absolute atomic E-state index is 0.0187. The minimum Gasteiger partial charge on any atom is -0.497 e. The first kappa shape index (κ1) is 13.5. The van der Waals surface area contributed by atoms with Crippen LogP contribution in [-0.2, 0) is 4.79 Å². The molecule has 1 aromatic carbocycles. The fourth-order valence-electron chi connectivity index (χ4n) is 0.924. The average Bonchev–Trinajstić information content (AvgIpc) is 2.32. The fraction of sp³-hybridized carbons (Fsp3) is 0.417. The van der Waals surface area contributed by atoms with Gasteiger partial charge in [-0.3, -0.25) is 4.79 Å². The Bertz CT molecular complexity index is 280. The molecular formula is C12H19NO2. The van der Waals surface area contributed by atoms with Crippen LogP contribution >= 0.6 is 0 Å². The van der Waals surface area contributed by atoms with E-state index in [1.54, 1.807) is 7.11 Å². The van der Waals surface area contributed by atoms with Gasteiger partial charge >= 0.3 is 0 Å². The van der Waals surface area contributed by atoms with E-state index in [1.807, 2.05) is 45.0 Å². The molecule has 1 aromatic rings. The quantitative estimate of drug-likeness (QED) is 0.830. The summed E-state index contributed by atoms with van der Waals surface area (Å²) in [6.07, 6.45) is 0.492. The molecule has 0 saturated carbocycles. The highest BCUT2D eigenvalue weighted by atomic mass is 16.5. The summed E-state index contributed by atoms with van der Waals surface area (Å²) in [4.78, 5) is 11.0. The van der Waals surface area contributed by atoms with E-state index < -0.39 is 0 Å². The van der Waals surface area contributed by atoms with Gasteiger partial charge in [0.2, 0.25) is 5.91 Å². The molecule has 0 unspecified atom stereocenters. The van der Waals surface area contributed by atoms with Crippen molar-refractivity contribution >= 4 is 11.6 Å². The van der Waals surface area contributed by atoms with Gasteiger partial charge in [-0.25, -0.2) is 0 Å². The number of hydrogen-bond acceptors (Lipinski definition) is 2. The third kappa shape index (κ3) is 5.05. The van der Waals surface area contributed by atoms with Crippen molar-refractivity contribution in [3.05, 3.63) is 24.3 Å². The zero-order chi connectivity index (χ0) is 11.7. The van der Waals surface area contributed by atoms with Crippen molar-refractivity contribution in [1.82, 2.24) is 0 Å². The van der Waals surface area contributed by atoms with Crippen molar-refractivity contribution in [1.29, 1.82) is 0 Å². The summed E-state index contributed by atoms with van der Waals surface area (Å²) in [5, 5.41) is 2.75. The Morgan fingerprint density at radius 2 is 1.80 bits per heavy atom. The van der Waals surface area contributed by atoms with E-state index >= 15 is 0 Å². The fourth-order valence-corrected chi connectivity index (χ4v) is 0.924. The molecule has 0 aliphatic carbocycles. The van der Waals surface area contributed by atoms with E-state index in [2.05, 4.69) is 5.32 Å². The molecular weight excluding hydrogens is 190 g/mol. The van der Waals surface area contributed by atoms with E-state index in [1.165, 1.54) is 0 Å². The van der Waals surface area contributed by atoms with Gasteiger partial charge in [0.15, 0.2) is 0 Å². The Labute approximate surface area is 91.5 Å². The van der Waals surface area contributed by atoms with Crippen molar-refractivity contribution in [2.75, 3.05) is 12.4 Å². The lowest BCUT2D eigenvalue weighted by atomic mass is 10.3. The Morgan fingerprint density at radius 1 is 1.27 bits per heavy atom. The number of anilines is 1. The van der Waals surface area contributed by atoms with Gasteiger partial charge in [0.1, 0.15) is 5.75 Å². The van der Waals surface area contributed by atoms with Gasteiger partial charge in [0.05, 0.1) is 7.11 Å². The van der Waals surface area contributed by atoms with Crippen LogP contribution in [0.15, 0.2) is 24.3 Å². The number of amides is 1. The van der Waals surface area contributed by atoms with E-state index in [9.17, 15) is 4.79 Å². The maximum absolute atomic E-state index is 11.0. The molecule has 0 fully saturated rings. The number of hydrogen-bond donors (Lipinski definition) is 1. The molecule has 0 radical (unpaired) electrons. The normalized spacial score (nSPS) is 8.53. The predicted molar refractivity (Wildman–Crippen MR) is 63.3 cm³/mol. The molecule has 0 aromatic heterocycles. The largest absolute Gasteiger partial charge is 0.497 e. The Kier molecular flexibility index (Phi) is 7.06. The second-order valence-corrected chi connectivity index (χ2v) is 2.63. The van der Waals surface area contributed by atoms with Gasteiger partial charge in [-0.05, 0) is 24.3 Å². The van der Waals surface area contributed by atoms with Gasteiger partial charge in [-0.2, -0.15) is 0 Å². The summed E-state index contributed by atoms with van der Waals surface area (Å²) >= 11 is 0. The summed E-state index contributed by atoms with van der Waals surface area (Å²) in [5.41, 5.74) is 0.799. The number of ether oxygens (including phenoxy) is 1.